The Labute approximate surface area is 141 Å². The van der Waals surface area contributed by atoms with Crippen LogP contribution in [0.3, 0.4) is 0 Å². The van der Waals surface area contributed by atoms with Crippen molar-refractivity contribution in [1.82, 2.24) is 19.7 Å². The average Bonchev–Trinajstić information content (AvgIpc) is 3.12. The summed E-state index contributed by atoms with van der Waals surface area (Å²) in [5.41, 5.74) is 0. The molecule has 24 heavy (non-hydrogen) atoms. The molecule has 0 aromatic carbocycles. The largest absolute Gasteiger partial charge is 0.467 e. The van der Waals surface area contributed by atoms with E-state index < -0.39 is 6.10 Å². The molecule has 2 aliphatic rings. The second-order valence-corrected chi connectivity index (χ2v) is 6.73. The number of hydrogen-bond donors (Lipinski definition) is 1. The molecule has 2 fully saturated rings. The average molecular weight is 332 g/mol. The molecule has 2 unspecified atom stereocenters. The van der Waals surface area contributed by atoms with Crippen molar-refractivity contribution in [2.24, 2.45) is 0 Å². The highest BCUT2D eigenvalue weighted by Crippen LogP contribution is 2.37. The zero-order valence-corrected chi connectivity index (χ0v) is 14.0. The highest BCUT2D eigenvalue weighted by atomic mass is 16.5. The van der Waals surface area contributed by atoms with Gasteiger partial charge in [-0.2, -0.15) is 0 Å². The molecule has 130 valence electrons. The number of aryl methyl sites for hydroxylation is 1. The second kappa shape index (κ2) is 6.66. The maximum absolute atomic E-state index is 10.4. The third-order valence-corrected chi connectivity index (χ3v) is 4.91. The monoisotopic (exact) mass is 332 g/mol. The number of rotatable bonds is 6. The van der Waals surface area contributed by atoms with Crippen LogP contribution in [0.15, 0.2) is 22.8 Å². The number of aliphatic hydroxyl groups is 1. The van der Waals surface area contributed by atoms with Crippen LogP contribution in [0.1, 0.15) is 48.8 Å². The van der Waals surface area contributed by atoms with Crippen molar-refractivity contribution in [3.8, 4) is 0 Å². The van der Waals surface area contributed by atoms with Gasteiger partial charge >= 0.3 is 0 Å². The zero-order chi connectivity index (χ0) is 16.5. The summed E-state index contributed by atoms with van der Waals surface area (Å²) in [6, 6.07) is 4.33. The first-order valence-electron chi connectivity index (χ1n) is 8.66. The lowest BCUT2D eigenvalue weighted by Crippen LogP contribution is -2.46. The van der Waals surface area contributed by atoms with Gasteiger partial charge in [-0.25, -0.2) is 0 Å². The second-order valence-electron chi connectivity index (χ2n) is 6.73. The van der Waals surface area contributed by atoms with Crippen LogP contribution in [0, 0.1) is 6.92 Å². The maximum Gasteiger partial charge on any atom is 0.147 e. The zero-order valence-electron chi connectivity index (χ0n) is 14.0. The first kappa shape index (κ1) is 15.8. The fourth-order valence-corrected chi connectivity index (χ4v) is 3.48. The lowest BCUT2D eigenvalue weighted by molar-refractivity contribution is -0.0336. The molecule has 2 aromatic rings. The molecule has 1 aliphatic heterocycles. The van der Waals surface area contributed by atoms with Crippen LogP contribution in [-0.4, -0.2) is 50.6 Å². The number of furan rings is 1. The molecule has 0 spiro atoms. The number of nitrogens with zero attached hydrogens (tertiary/aromatic N) is 4. The van der Waals surface area contributed by atoms with E-state index in [0.717, 1.165) is 24.7 Å². The van der Waals surface area contributed by atoms with Crippen LogP contribution in [0.25, 0.3) is 0 Å². The van der Waals surface area contributed by atoms with Gasteiger partial charge in [0.25, 0.3) is 0 Å². The van der Waals surface area contributed by atoms with Gasteiger partial charge in [0.05, 0.1) is 26.0 Å². The minimum atomic E-state index is -0.614. The summed E-state index contributed by atoms with van der Waals surface area (Å²) in [7, 11) is 0. The van der Waals surface area contributed by atoms with Gasteiger partial charge in [0.1, 0.15) is 23.5 Å². The molecule has 1 saturated heterocycles. The Hall–Kier alpha value is -1.70. The normalized spacial score (nSPS) is 23.5. The summed E-state index contributed by atoms with van der Waals surface area (Å²) in [6.07, 6.45) is 4.00. The van der Waals surface area contributed by atoms with E-state index >= 15 is 0 Å². The molecule has 7 heteroatoms. The first-order chi connectivity index (χ1) is 11.7. The molecule has 2 aromatic heterocycles. The van der Waals surface area contributed by atoms with E-state index in [1.165, 1.54) is 12.8 Å². The summed E-state index contributed by atoms with van der Waals surface area (Å²) >= 11 is 0. The molecule has 0 bridgehead atoms. The van der Waals surface area contributed by atoms with Gasteiger partial charge in [-0.3, -0.25) is 4.90 Å². The van der Waals surface area contributed by atoms with Gasteiger partial charge in [0, 0.05) is 18.6 Å². The summed E-state index contributed by atoms with van der Waals surface area (Å²) in [6.45, 7) is 4.94. The quantitative estimate of drug-likeness (QED) is 0.870. The number of morpholine rings is 1. The van der Waals surface area contributed by atoms with Gasteiger partial charge in [0.2, 0.25) is 0 Å². The lowest BCUT2D eigenvalue weighted by Gasteiger charge is -2.36. The molecule has 1 aliphatic carbocycles. The highest BCUT2D eigenvalue weighted by Gasteiger charge is 2.32. The van der Waals surface area contributed by atoms with E-state index in [9.17, 15) is 5.11 Å². The summed E-state index contributed by atoms with van der Waals surface area (Å²) in [5, 5.41) is 19.0. The number of aliphatic hydroxyl groups excluding tert-OH is 1. The Balaban J connectivity index is 1.46. The summed E-state index contributed by atoms with van der Waals surface area (Å²) < 4.78 is 13.2. The van der Waals surface area contributed by atoms with Crippen LogP contribution in [-0.2, 0) is 11.3 Å². The number of hydrogen-bond acceptors (Lipinski definition) is 6. The van der Waals surface area contributed by atoms with Crippen LogP contribution in [0.4, 0.5) is 0 Å². The van der Waals surface area contributed by atoms with Crippen molar-refractivity contribution in [3.05, 3.63) is 35.8 Å². The first-order valence-corrected chi connectivity index (χ1v) is 8.66. The van der Waals surface area contributed by atoms with Crippen LogP contribution in [0.5, 0.6) is 0 Å². The van der Waals surface area contributed by atoms with Gasteiger partial charge in [0.15, 0.2) is 0 Å². The molecule has 3 heterocycles. The van der Waals surface area contributed by atoms with Gasteiger partial charge in [-0.15, -0.1) is 10.2 Å². The van der Waals surface area contributed by atoms with E-state index in [1.54, 1.807) is 12.3 Å². The smallest absolute Gasteiger partial charge is 0.147 e. The Morgan fingerprint density at radius 3 is 3.00 bits per heavy atom. The molecular formula is C17H24N4O3. The molecule has 0 amide bonds. The van der Waals surface area contributed by atoms with Crippen molar-refractivity contribution >= 4 is 0 Å². The molecule has 7 nitrogen and oxygen atoms in total. The number of aromatic nitrogens is 3. The summed E-state index contributed by atoms with van der Waals surface area (Å²) in [4.78, 5) is 2.35. The fourth-order valence-electron chi connectivity index (χ4n) is 3.48. The third kappa shape index (κ3) is 3.24. The topological polar surface area (TPSA) is 76.6 Å². The van der Waals surface area contributed by atoms with Crippen LogP contribution >= 0.6 is 0 Å². The molecule has 0 radical (unpaired) electrons. The van der Waals surface area contributed by atoms with Crippen LogP contribution < -0.4 is 0 Å². The predicted molar refractivity (Wildman–Crippen MR) is 86.3 cm³/mol. The standard InChI is InChI=1S/C17H24N4O3/c1-12-18-19-17(21(12)13-4-5-13)10-20-6-8-23-11-14(20)9-15(22)16-3-2-7-24-16/h2-3,7,13-15,22H,4-6,8-11H2,1H3. The highest BCUT2D eigenvalue weighted by molar-refractivity contribution is 5.04. The van der Waals surface area contributed by atoms with E-state index in [0.29, 0.717) is 31.4 Å². The maximum atomic E-state index is 10.4. The minimum absolute atomic E-state index is 0.142. The van der Waals surface area contributed by atoms with Crippen molar-refractivity contribution in [1.29, 1.82) is 0 Å². The third-order valence-electron chi connectivity index (χ3n) is 4.91. The molecule has 1 saturated carbocycles. The Kier molecular flexibility index (Phi) is 4.39. The Bertz CT molecular complexity index is 665. The predicted octanol–water partition coefficient (Wildman–Crippen LogP) is 1.84. The van der Waals surface area contributed by atoms with Gasteiger partial charge in [-0.1, -0.05) is 0 Å². The SMILES string of the molecule is Cc1nnc(CN2CCOCC2CC(O)c2ccco2)n1C1CC1. The van der Waals surface area contributed by atoms with Gasteiger partial charge < -0.3 is 18.8 Å². The van der Waals surface area contributed by atoms with E-state index in [-0.39, 0.29) is 6.04 Å². The van der Waals surface area contributed by atoms with Gasteiger partial charge in [-0.05, 0) is 38.3 Å². The van der Waals surface area contributed by atoms with Crippen molar-refractivity contribution < 1.29 is 14.3 Å². The lowest BCUT2D eigenvalue weighted by atomic mass is 10.1. The fraction of sp³-hybridized carbons (Fsp3) is 0.647. The summed E-state index contributed by atoms with van der Waals surface area (Å²) in [5.74, 6) is 2.62. The Morgan fingerprint density at radius 2 is 2.25 bits per heavy atom. The Morgan fingerprint density at radius 1 is 1.38 bits per heavy atom. The number of ether oxygens (including phenoxy) is 1. The van der Waals surface area contributed by atoms with Crippen molar-refractivity contribution in [2.75, 3.05) is 19.8 Å². The van der Waals surface area contributed by atoms with E-state index in [4.69, 9.17) is 9.15 Å². The molecule has 4 rings (SSSR count). The molecular weight excluding hydrogens is 308 g/mol. The minimum Gasteiger partial charge on any atom is -0.467 e. The molecule has 2 atom stereocenters. The van der Waals surface area contributed by atoms with Crippen molar-refractivity contribution in [3.63, 3.8) is 0 Å². The van der Waals surface area contributed by atoms with E-state index in [1.807, 2.05) is 13.0 Å². The van der Waals surface area contributed by atoms with Crippen molar-refractivity contribution in [2.45, 2.75) is 50.9 Å². The van der Waals surface area contributed by atoms with E-state index in [2.05, 4.69) is 19.7 Å². The molecule has 1 N–H and O–H groups in total. The van der Waals surface area contributed by atoms with Crippen LogP contribution in [0.2, 0.25) is 0 Å².